The average Bonchev–Trinajstić information content (AvgIpc) is 2.75. The second kappa shape index (κ2) is 4.86. The van der Waals surface area contributed by atoms with E-state index in [9.17, 15) is 4.79 Å². The monoisotopic (exact) mass is 276 g/mol. The zero-order valence-corrected chi connectivity index (χ0v) is 11.8. The van der Waals surface area contributed by atoms with E-state index < -0.39 is 0 Å². The Morgan fingerprint density at radius 2 is 2.32 bits per heavy atom. The Morgan fingerprint density at radius 1 is 1.47 bits per heavy atom. The Bertz CT molecular complexity index is 637. The highest BCUT2D eigenvalue weighted by molar-refractivity contribution is 7.96. The van der Waals surface area contributed by atoms with Crippen LogP contribution >= 0.6 is 11.9 Å². The van der Waals surface area contributed by atoms with Crippen LogP contribution in [0.15, 0.2) is 23.4 Å². The third-order valence-electron chi connectivity index (χ3n) is 3.17. The molecule has 1 aliphatic heterocycles. The molecular formula is C13H16N4OS. The van der Waals surface area contributed by atoms with Gasteiger partial charge in [-0.15, -0.1) is 0 Å². The molecule has 1 N–H and O–H groups in total. The van der Waals surface area contributed by atoms with E-state index in [4.69, 9.17) is 0 Å². The molecule has 3 rings (SSSR count). The maximum atomic E-state index is 11.1. The molecule has 0 aliphatic carbocycles. The van der Waals surface area contributed by atoms with Crippen LogP contribution in [0.1, 0.15) is 13.8 Å². The largest absolute Gasteiger partial charge is 0.326 e. The minimum atomic E-state index is -0.0516. The second-order valence-corrected chi connectivity index (χ2v) is 5.61. The summed E-state index contributed by atoms with van der Waals surface area (Å²) in [6, 6.07) is 5.85. The van der Waals surface area contributed by atoms with Gasteiger partial charge in [-0.1, -0.05) is 6.92 Å². The van der Waals surface area contributed by atoms with Gasteiger partial charge in [-0.2, -0.15) is 0 Å². The molecule has 0 saturated carbocycles. The summed E-state index contributed by atoms with van der Waals surface area (Å²) >= 11 is 1.70. The van der Waals surface area contributed by atoms with Crippen LogP contribution in [-0.4, -0.2) is 32.9 Å². The van der Waals surface area contributed by atoms with E-state index >= 15 is 0 Å². The number of carbonyl (C=O) groups is 1. The quantitative estimate of drug-likeness (QED) is 0.855. The summed E-state index contributed by atoms with van der Waals surface area (Å²) in [7, 11) is 0. The summed E-state index contributed by atoms with van der Waals surface area (Å²) in [5.74, 6) is -0.0516. The van der Waals surface area contributed by atoms with Gasteiger partial charge in [0, 0.05) is 32.2 Å². The maximum Gasteiger partial charge on any atom is 0.221 e. The van der Waals surface area contributed by atoms with Crippen LogP contribution in [-0.2, 0) is 11.3 Å². The number of hydrogen-bond donors (Lipinski definition) is 1. The first-order valence-electron chi connectivity index (χ1n) is 6.38. The summed E-state index contributed by atoms with van der Waals surface area (Å²) in [6.07, 6.45) is 0. The van der Waals surface area contributed by atoms with E-state index in [-0.39, 0.29) is 5.91 Å². The first-order chi connectivity index (χ1) is 9.17. The van der Waals surface area contributed by atoms with Gasteiger partial charge in [-0.05, 0) is 30.1 Å². The number of imidazole rings is 1. The number of anilines is 1. The number of rotatable bonds is 2. The highest BCUT2D eigenvalue weighted by Crippen LogP contribution is 2.31. The smallest absolute Gasteiger partial charge is 0.221 e. The zero-order chi connectivity index (χ0) is 13.4. The number of nitrogens with zero attached hydrogens (tertiary/aromatic N) is 3. The fraction of sp³-hybridized carbons (Fsp3) is 0.385. The van der Waals surface area contributed by atoms with Crippen molar-refractivity contribution < 1.29 is 4.79 Å². The van der Waals surface area contributed by atoms with Gasteiger partial charge in [0.2, 0.25) is 5.91 Å². The third kappa shape index (κ3) is 2.33. The first-order valence-corrected chi connectivity index (χ1v) is 7.15. The van der Waals surface area contributed by atoms with E-state index in [2.05, 4.69) is 26.1 Å². The minimum absolute atomic E-state index is 0.0516. The molecule has 6 heteroatoms. The van der Waals surface area contributed by atoms with Gasteiger partial charge < -0.3 is 9.88 Å². The van der Waals surface area contributed by atoms with E-state index in [1.165, 1.54) is 6.92 Å². The second-order valence-electron chi connectivity index (χ2n) is 4.54. The zero-order valence-electron chi connectivity index (χ0n) is 11.0. The van der Waals surface area contributed by atoms with Crippen molar-refractivity contribution in [3.63, 3.8) is 0 Å². The lowest BCUT2D eigenvalue weighted by atomic mass is 10.2. The van der Waals surface area contributed by atoms with Crippen LogP contribution in [0.3, 0.4) is 0 Å². The Balaban J connectivity index is 2.02. The van der Waals surface area contributed by atoms with Gasteiger partial charge >= 0.3 is 0 Å². The molecule has 2 aromatic rings. The summed E-state index contributed by atoms with van der Waals surface area (Å²) in [5.41, 5.74) is 2.89. The Hall–Kier alpha value is -1.53. The molecule has 0 fully saturated rings. The van der Waals surface area contributed by atoms with Gasteiger partial charge in [-0.3, -0.25) is 4.79 Å². The molecule has 19 heavy (non-hydrogen) atoms. The Morgan fingerprint density at radius 3 is 3.05 bits per heavy atom. The molecule has 5 nitrogen and oxygen atoms in total. The number of benzene rings is 1. The van der Waals surface area contributed by atoms with Crippen LogP contribution in [0.4, 0.5) is 5.69 Å². The number of nitrogens with one attached hydrogen (secondary N) is 1. The van der Waals surface area contributed by atoms with Crippen molar-refractivity contribution >= 4 is 34.6 Å². The lowest BCUT2D eigenvalue weighted by Crippen LogP contribution is -2.26. The predicted octanol–water partition coefficient (Wildman–Crippen LogP) is 2.34. The fourth-order valence-electron chi connectivity index (χ4n) is 2.26. The highest BCUT2D eigenvalue weighted by Gasteiger charge is 2.20. The normalized spacial score (nSPS) is 15.5. The average molecular weight is 276 g/mol. The minimum Gasteiger partial charge on any atom is -0.326 e. The van der Waals surface area contributed by atoms with Crippen molar-refractivity contribution in [2.45, 2.75) is 25.5 Å². The van der Waals surface area contributed by atoms with Crippen LogP contribution in [0.2, 0.25) is 0 Å². The molecule has 0 unspecified atom stereocenters. The lowest BCUT2D eigenvalue weighted by Gasteiger charge is -2.24. The molecule has 1 aliphatic rings. The SMILES string of the molecule is CCN1CCn2c(nc3ccc(NC(C)=O)cc32)S1. The molecule has 0 spiro atoms. The molecule has 1 amide bonds. The van der Waals surface area contributed by atoms with E-state index in [1.54, 1.807) is 11.9 Å². The molecule has 0 radical (unpaired) electrons. The van der Waals surface area contributed by atoms with Gasteiger partial charge in [0.25, 0.3) is 0 Å². The molecule has 100 valence electrons. The van der Waals surface area contributed by atoms with E-state index in [0.717, 1.165) is 41.5 Å². The summed E-state index contributed by atoms with van der Waals surface area (Å²) in [5, 5.41) is 3.85. The molecule has 2 heterocycles. The van der Waals surface area contributed by atoms with Gasteiger partial charge in [-0.25, -0.2) is 9.29 Å². The molecule has 0 saturated heterocycles. The molecule has 1 aromatic heterocycles. The molecule has 1 aromatic carbocycles. The van der Waals surface area contributed by atoms with Gasteiger partial charge in [0.1, 0.15) is 0 Å². The number of carbonyl (C=O) groups excluding carboxylic acids is 1. The van der Waals surface area contributed by atoms with Crippen LogP contribution in [0.25, 0.3) is 11.0 Å². The van der Waals surface area contributed by atoms with Crippen LogP contribution in [0.5, 0.6) is 0 Å². The Labute approximate surface area is 116 Å². The number of amides is 1. The van der Waals surface area contributed by atoms with Gasteiger partial charge in [0.05, 0.1) is 11.0 Å². The van der Waals surface area contributed by atoms with E-state index in [0.29, 0.717) is 0 Å². The molecular weight excluding hydrogens is 260 g/mol. The predicted molar refractivity (Wildman–Crippen MR) is 77.1 cm³/mol. The van der Waals surface area contributed by atoms with Crippen LogP contribution < -0.4 is 5.32 Å². The maximum absolute atomic E-state index is 11.1. The standard InChI is InChI=1S/C13H16N4OS/c1-3-16-6-7-17-12-8-10(14-9(2)18)4-5-11(12)15-13(17)19-16/h4-5,8H,3,6-7H2,1-2H3,(H,14,18). The third-order valence-corrected chi connectivity index (χ3v) is 4.34. The summed E-state index contributed by atoms with van der Waals surface area (Å²) in [4.78, 5) is 15.8. The van der Waals surface area contributed by atoms with Crippen molar-refractivity contribution in [1.29, 1.82) is 0 Å². The number of likely N-dealkylation sites (N-methyl/N-ethyl adjacent to an activating group) is 1. The molecule has 0 atom stereocenters. The molecule has 0 bridgehead atoms. The number of hydrogen-bond acceptors (Lipinski definition) is 4. The summed E-state index contributed by atoms with van der Waals surface area (Å²) < 4.78 is 4.52. The van der Waals surface area contributed by atoms with Crippen molar-refractivity contribution in [2.75, 3.05) is 18.4 Å². The topological polar surface area (TPSA) is 50.2 Å². The number of aromatic nitrogens is 2. The first kappa shape index (κ1) is 12.5. The fourth-order valence-corrected chi connectivity index (χ4v) is 3.22. The van der Waals surface area contributed by atoms with Gasteiger partial charge in [0.15, 0.2) is 5.16 Å². The van der Waals surface area contributed by atoms with Crippen molar-refractivity contribution in [3.8, 4) is 0 Å². The summed E-state index contributed by atoms with van der Waals surface area (Å²) in [6.45, 7) is 6.65. The van der Waals surface area contributed by atoms with Crippen molar-refractivity contribution in [1.82, 2.24) is 13.9 Å². The van der Waals surface area contributed by atoms with Crippen molar-refractivity contribution in [2.24, 2.45) is 0 Å². The number of fused-ring (bicyclic) bond motifs is 3. The van der Waals surface area contributed by atoms with E-state index in [1.807, 2.05) is 18.2 Å². The lowest BCUT2D eigenvalue weighted by molar-refractivity contribution is -0.114. The van der Waals surface area contributed by atoms with Crippen LogP contribution in [0, 0.1) is 0 Å². The van der Waals surface area contributed by atoms with Crippen molar-refractivity contribution in [3.05, 3.63) is 18.2 Å². The Kier molecular flexibility index (Phi) is 3.20. The highest BCUT2D eigenvalue weighted by atomic mass is 32.2.